The van der Waals surface area contributed by atoms with Crippen molar-refractivity contribution in [1.82, 2.24) is 5.32 Å². The third kappa shape index (κ3) is 7.58. The molecule has 2 aromatic rings. The molecule has 1 aliphatic rings. The van der Waals surface area contributed by atoms with Crippen LogP contribution in [0.1, 0.15) is 61.4 Å². The fraction of sp³-hybridized carbons (Fsp3) is 0.500. The maximum absolute atomic E-state index is 11.6. The Balaban J connectivity index is 1.49. The van der Waals surface area contributed by atoms with E-state index in [2.05, 4.69) is 43.4 Å². The number of carbonyl (C=O) groups is 1. The second-order valence-electron chi connectivity index (χ2n) is 9.61. The van der Waals surface area contributed by atoms with Crippen molar-refractivity contribution >= 4 is 5.97 Å². The number of nitrogens with zero attached hydrogens (tertiary/aromatic N) is 1. The lowest BCUT2D eigenvalue weighted by Gasteiger charge is -2.28. The molecule has 6 heteroatoms. The van der Waals surface area contributed by atoms with Crippen LogP contribution in [-0.4, -0.2) is 42.5 Å². The molecule has 1 aliphatic carbocycles. The smallest absolute Gasteiger partial charge is 0.306 e. The van der Waals surface area contributed by atoms with Crippen molar-refractivity contribution < 1.29 is 19.4 Å². The molecule has 0 aromatic heterocycles. The van der Waals surface area contributed by atoms with E-state index in [1.165, 1.54) is 36.0 Å². The minimum atomic E-state index is -0.728. The number of nitriles is 1. The van der Waals surface area contributed by atoms with E-state index >= 15 is 0 Å². The lowest BCUT2D eigenvalue weighted by atomic mass is 9.93. The summed E-state index contributed by atoms with van der Waals surface area (Å²) in [5.74, 6) is 0.165. The minimum absolute atomic E-state index is 0.0674. The van der Waals surface area contributed by atoms with Gasteiger partial charge in [0.25, 0.3) is 0 Å². The highest BCUT2D eigenvalue weighted by Gasteiger charge is 2.21. The summed E-state index contributed by atoms with van der Waals surface area (Å²) in [6.07, 6.45) is 4.51. The molecule has 0 spiro atoms. The van der Waals surface area contributed by atoms with Gasteiger partial charge in [0, 0.05) is 18.5 Å². The normalized spacial score (nSPS) is 13.7. The molecule has 2 aromatic carbocycles. The van der Waals surface area contributed by atoms with Crippen LogP contribution >= 0.6 is 0 Å². The van der Waals surface area contributed by atoms with Gasteiger partial charge >= 0.3 is 5.97 Å². The van der Waals surface area contributed by atoms with Crippen LogP contribution in [0.4, 0.5) is 0 Å². The maximum atomic E-state index is 11.6. The van der Waals surface area contributed by atoms with Crippen molar-refractivity contribution in [2.24, 2.45) is 0 Å². The predicted octanol–water partition coefficient (Wildman–Crippen LogP) is 3.89. The van der Waals surface area contributed by atoms with Gasteiger partial charge in [0.15, 0.2) is 0 Å². The predicted molar refractivity (Wildman–Crippen MR) is 132 cm³/mol. The molecule has 6 nitrogen and oxygen atoms in total. The third-order valence-corrected chi connectivity index (χ3v) is 6.15. The Morgan fingerprint density at radius 3 is 2.71 bits per heavy atom. The number of rotatable bonds is 12. The molecular formula is C28H36N2O4. The summed E-state index contributed by atoms with van der Waals surface area (Å²) in [5.41, 5.74) is 5.35. The zero-order chi connectivity index (χ0) is 24.6. The van der Waals surface area contributed by atoms with E-state index in [0.717, 1.165) is 12.0 Å². The summed E-state index contributed by atoms with van der Waals surface area (Å²) in [5, 5.41) is 23.3. The molecular weight excluding hydrogens is 428 g/mol. The zero-order valence-corrected chi connectivity index (χ0v) is 20.5. The standard InChI is InChI=1S/C28H36N2O4/c1-4-33-27(32)13-10-20-8-12-24(17-29)26(15-20)34-19-25(31)18-30-28(2,3)16-21-9-11-22-6-5-7-23(22)14-21/h8-9,11-12,14-15,25,30-31H,4-7,10,13,16,18-19H2,1-3H3/t25-/m1/s1. The SMILES string of the molecule is CCOC(=O)CCc1ccc(C#N)c(OC[C@H](O)CNC(C)(C)Cc2ccc3c(c2)CCC3)c1. The highest BCUT2D eigenvalue weighted by molar-refractivity contribution is 5.69. The highest BCUT2D eigenvalue weighted by atomic mass is 16.5. The van der Waals surface area contributed by atoms with Crippen LogP contribution in [-0.2, 0) is 35.2 Å². The van der Waals surface area contributed by atoms with E-state index in [4.69, 9.17) is 9.47 Å². The monoisotopic (exact) mass is 464 g/mol. The number of aliphatic hydroxyl groups excluding tert-OH is 1. The van der Waals surface area contributed by atoms with E-state index in [1.807, 2.05) is 6.07 Å². The molecule has 3 rings (SSSR count). The van der Waals surface area contributed by atoms with E-state index < -0.39 is 6.10 Å². The summed E-state index contributed by atoms with van der Waals surface area (Å²) < 4.78 is 10.8. The van der Waals surface area contributed by atoms with Crippen LogP contribution in [0, 0.1) is 11.3 Å². The molecule has 0 radical (unpaired) electrons. The number of aliphatic hydroxyl groups is 1. The summed E-state index contributed by atoms with van der Waals surface area (Å²) in [4.78, 5) is 11.6. The number of β-amino-alcohol motifs (C(OH)–C–C–N with tert-alkyl or cyclic N) is 1. The summed E-state index contributed by atoms with van der Waals surface area (Å²) in [6, 6.07) is 14.2. The Morgan fingerprint density at radius 2 is 1.94 bits per heavy atom. The van der Waals surface area contributed by atoms with Crippen molar-refractivity contribution in [1.29, 1.82) is 5.26 Å². The van der Waals surface area contributed by atoms with Gasteiger partial charge in [-0.2, -0.15) is 5.26 Å². The Labute approximate surface area is 202 Å². The number of esters is 1. The quantitative estimate of drug-likeness (QED) is 0.463. The van der Waals surface area contributed by atoms with Gasteiger partial charge < -0.3 is 19.9 Å². The Bertz CT molecular complexity index is 1030. The lowest BCUT2D eigenvalue weighted by molar-refractivity contribution is -0.143. The van der Waals surface area contributed by atoms with Crippen molar-refractivity contribution in [2.75, 3.05) is 19.8 Å². The average Bonchev–Trinajstić information content (AvgIpc) is 3.28. The van der Waals surface area contributed by atoms with Crippen LogP contribution in [0.25, 0.3) is 0 Å². The molecule has 0 heterocycles. The van der Waals surface area contributed by atoms with E-state index in [-0.39, 0.29) is 24.5 Å². The number of carbonyl (C=O) groups excluding carboxylic acids is 1. The molecule has 0 fully saturated rings. The van der Waals surface area contributed by atoms with Gasteiger partial charge in [-0.3, -0.25) is 4.79 Å². The first-order chi connectivity index (χ1) is 16.3. The number of nitrogens with one attached hydrogen (secondary N) is 1. The second-order valence-corrected chi connectivity index (χ2v) is 9.61. The van der Waals surface area contributed by atoms with Gasteiger partial charge in [0.2, 0.25) is 0 Å². The highest BCUT2D eigenvalue weighted by Crippen LogP contribution is 2.25. The molecule has 182 valence electrons. The maximum Gasteiger partial charge on any atom is 0.306 e. The Kier molecular flexibility index (Phi) is 9.09. The number of aryl methyl sites for hydroxylation is 3. The van der Waals surface area contributed by atoms with Gasteiger partial charge in [-0.25, -0.2) is 0 Å². The van der Waals surface area contributed by atoms with Crippen LogP contribution in [0.5, 0.6) is 5.75 Å². The van der Waals surface area contributed by atoms with Gasteiger partial charge in [-0.05, 0) is 87.3 Å². The summed E-state index contributed by atoms with van der Waals surface area (Å²) >= 11 is 0. The van der Waals surface area contributed by atoms with Gasteiger partial charge in [-0.1, -0.05) is 24.3 Å². The van der Waals surface area contributed by atoms with Crippen molar-refractivity contribution in [2.45, 2.75) is 70.9 Å². The Morgan fingerprint density at radius 1 is 1.18 bits per heavy atom. The van der Waals surface area contributed by atoms with Crippen LogP contribution in [0.3, 0.4) is 0 Å². The van der Waals surface area contributed by atoms with Gasteiger partial charge in [0.1, 0.15) is 24.5 Å². The molecule has 0 unspecified atom stereocenters. The lowest BCUT2D eigenvalue weighted by Crippen LogP contribution is -2.46. The van der Waals surface area contributed by atoms with Gasteiger partial charge in [0.05, 0.1) is 12.2 Å². The van der Waals surface area contributed by atoms with Crippen molar-refractivity contribution in [3.63, 3.8) is 0 Å². The molecule has 2 N–H and O–H groups in total. The number of benzene rings is 2. The molecule has 0 amide bonds. The average molecular weight is 465 g/mol. The summed E-state index contributed by atoms with van der Waals surface area (Å²) in [6.45, 7) is 6.85. The van der Waals surface area contributed by atoms with Crippen LogP contribution in [0.15, 0.2) is 36.4 Å². The van der Waals surface area contributed by atoms with Crippen molar-refractivity contribution in [3.8, 4) is 11.8 Å². The molecule has 34 heavy (non-hydrogen) atoms. The molecule has 0 aliphatic heterocycles. The molecule has 0 bridgehead atoms. The fourth-order valence-corrected chi connectivity index (χ4v) is 4.36. The summed E-state index contributed by atoms with van der Waals surface area (Å²) in [7, 11) is 0. The zero-order valence-electron chi connectivity index (χ0n) is 20.5. The van der Waals surface area contributed by atoms with E-state index in [9.17, 15) is 15.2 Å². The second kappa shape index (κ2) is 12.0. The molecule has 0 saturated carbocycles. The van der Waals surface area contributed by atoms with E-state index in [0.29, 0.717) is 30.9 Å². The number of ether oxygens (including phenoxy) is 2. The largest absolute Gasteiger partial charge is 0.489 e. The van der Waals surface area contributed by atoms with Crippen LogP contribution in [0.2, 0.25) is 0 Å². The number of hydrogen-bond donors (Lipinski definition) is 2. The Hall–Kier alpha value is -2.88. The van der Waals surface area contributed by atoms with E-state index in [1.54, 1.807) is 19.1 Å². The molecule has 1 atom stereocenters. The first kappa shape index (κ1) is 25.7. The first-order valence-electron chi connectivity index (χ1n) is 12.1. The van der Waals surface area contributed by atoms with Crippen molar-refractivity contribution in [3.05, 3.63) is 64.2 Å². The van der Waals surface area contributed by atoms with Gasteiger partial charge in [-0.15, -0.1) is 0 Å². The number of hydrogen-bond acceptors (Lipinski definition) is 6. The fourth-order valence-electron chi connectivity index (χ4n) is 4.36. The minimum Gasteiger partial charge on any atom is -0.489 e. The first-order valence-corrected chi connectivity index (χ1v) is 12.1. The number of fused-ring (bicyclic) bond motifs is 1. The third-order valence-electron chi connectivity index (χ3n) is 6.15. The topological polar surface area (TPSA) is 91.6 Å². The molecule has 0 saturated heterocycles. The van der Waals surface area contributed by atoms with Crippen LogP contribution < -0.4 is 10.1 Å².